The summed E-state index contributed by atoms with van der Waals surface area (Å²) >= 11 is 0. The highest BCUT2D eigenvalue weighted by molar-refractivity contribution is 7.89. The summed E-state index contributed by atoms with van der Waals surface area (Å²) in [5.74, 6) is 0.114. The molecule has 0 unspecified atom stereocenters. The Morgan fingerprint density at radius 3 is 2.53 bits per heavy atom. The van der Waals surface area contributed by atoms with Crippen LogP contribution in [-0.4, -0.2) is 44.3 Å². The van der Waals surface area contributed by atoms with Gasteiger partial charge in [0.25, 0.3) is 5.91 Å². The lowest BCUT2D eigenvalue weighted by atomic mass is 10.0. The van der Waals surface area contributed by atoms with Crippen LogP contribution in [0.15, 0.2) is 53.4 Å². The third-order valence-corrected chi connectivity index (χ3v) is 7.34. The maximum absolute atomic E-state index is 13.6. The van der Waals surface area contributed by atoms with Crippen molar-refractivity contribution in [2.75, 3.05) is 25.5 Å². The molecule has 4 rings (SSSR count). The monoisotopic (exact) mass is 423 g/mol. The average Bonchev–Trinajstić information content (AvgIpc) is 3.15. The number of carbonyl (C=O) groups excluding carboxylic acids is 1. The largest absolute Gasteiger partial charge is 0.308 e. The first kappa shape index (κ1) is 20.5. The van der Waals surface area contributed by atoms with E-state index in [0.717, 1.165) is 27.8 Å². The Balaban J connectivity index is 1.77. The van der Waals surface area contributed by atoms with E-state index in [4.69, 9.17) is 4.98 Å². The van der Waals surface area contributed by atoms with Crippen molar-refractivity contribution < 1.29 is 13.2 Å². The fourth-order valence-electron chi connectivity index (χ4n) is 3.77. The zero-order valence-electron chi connectivity index (χ0n) is 17.6. The summed E-state index contributed by atoms with van der Waals surface area (Å²) < 4.78 is 26.1. The van der Waals surface area contributed by atoms with Crippen molar-refractivity contribution in [3.05, 3.63) is 65.4 Å². The van der Waals surface area contributed by atoms with Gasteiger partial charge in [-0.05, 0) is 48.2 Å². The van der Waals surface area contributed by atoms with E-state index in [1.54, 1.807) is 23.1 Å². The second-order valence-corrected chi connectivity index (χ2v) is 10.2. The van der Waals surface area contributed by atoms with Gasteiger partial charge in [-0.25, -0.2) is 12.7 Å². The van der Waals surface area contributed by atoms with Gasteiger partial charge < -0.3 is 4.90 Å². The fraction of sp³-hybridized carbons (Fsp3) is 0.304. The van der Waals surface area contributed by atoms with Crippen molar-refractivity contribution >= 4 is 32.5 Å². The van der Waals surface area contributed by atoms with Gasteiger partial charge in [-0.15, -0.1) is 0 Å². The van der Waals surface area contributed by atoms with E-state index < -0.39 is 10.0 Å². The summed E-state index contributed by atoms with van der Waals surface area (Å²) in [6, 6.07) is 14.6. The van der Waals surface area contributed by atoms with Gasteiger partial charge in [0.15, 0.2) is 0 Å². The van der Waals surface area contributed by atoms with Crippen LogP contribution in [0, 0.1) is 0 Å². The van der Waals surface area contributed by atoms with Gasteiger partial charge >= 0.3 is 0 Å². The lowest BCUT2D eigenvalue weighted by Crippen LogP contribution is -2.29. The van der Waals surface area contributed by atoms with Crippen molar-refractivity contribution in [3.8, 4) is 0 Å². The number of fused-ring (bicyclic) bond motifs is 2. The molecule has 1 aliphatic rings. The Labute approximate surface area is 177 Å². The number of hydrogen-bond donors (Lipinski definition) is 0. The maximum Gasteiger partial charge on any atom is 0.259 e. The summed E-state index contributed by atoms with van der Waals surface area (Å²) in [5.41, 5.74) is 3.95. The first-order valence-electron chi connectivity index (χ1n) is 9.97. The molecule has 2 heterocycles. The molecule has 156 valence electrons. The van der Waals surface area contributed by atoms with Gasteiger partial charge in [-0.2, -0.15) is 0 Å². The van der Waals surface area contributed by atoms with Gasteiger partial charge in [0.1, 0.15) is 0 Å². The number of aromatic nitrogens is 1. The summed E-state index contributed by atoms with van der Waals surface area (Å²) in [5, 5.41) is 0.826. The van der Waals surface area contributed by atoms with Crippen molar-refractivity contribution in [1.82, 2.24) is 9.29 Å². The third-order valence-electron chi connectivity index (χ3n) is 5.53. The SMILES string of the molecule is CC(C)c1cc(C(=O)N2CCc3cc(S(=O)(=O)N(C)C)ccc32)c2ccccc2n1. The molecule has 2 aromatic carbocycles. The molecule has 0 bridgehead atoms. The molecule has 0 aliphatic carbocycles. The molecule has 0 radical (unpaired) electrons. The van der Waals surface area contributed by atoms with Crippen LogP contribution in [0.3, 0.4) is 0 Å². The minimum absolute atomic E-state index is 0.0857. The van der Waals surface area contributed by atoms with Crippen molar-refractivity contribution in [1.29, 1.82) is 0 Å². The summed E-state index contributed by atoms with van der Waals surface area (Å²) in [7, 11) is -0.484. The topological polar surface area (TPSA) is 70.6 Å². The molecule has 0 fully saturated rings. The van der Waals surface area contributed by atoms with Gasteiger partial charge in [0.05, 0.1) is 16.0 Å². The molecule has 6 nitrogen and oxygen atoms in total. The van der Waals surface area contributed by atoms with Crippen LogP contribution in [0.1, 0.15) is 41.4 Å². The molecule has 1 aromatic heterocycles. The van der Waals surface area contributed by atoms with E-state index in [2.05, 4.69) is 13.8 Å². The highest BCUT2D eigenvalue weighted by Crippen LogP contribution is 2.33. The standard InChI is InChI=1S/C23H25N3O3S/c1-15(2)21-14-19(18-7-5-6-8-20(18)24-21)23(27)26-12-11-16-13-17(9-10-22(16)26)30(28,29)25(3)4/h5-10,13-15H,11-12H2,1-4H3. The predicted molar refractivity (Wildman–Crippen MR) is 119 cm³/mol. The second-order valence-electron chi connectivity index (χ2n) is 8.05. The Morgan fingerprint density at radius 2 is 1.83 bits per heavy atom. The number of sulfonamides is 1. The fourth-order valence-corrected chi connectivity index (χ4v) is 4.73. The van der Waals surface area contributed by atoms with Gasteiger partial charge in [0.2, 0.25) is 10.0 Å². The summed E-state index contributed by atoms with van der Waals surface area (Å²) in [4.78, 5) is 20.3. The number of nitrogens with zero attached hydrogens (tertiary/aromatic N) is 3. The van der Waals surface area contributed by atoms with E-state index in [1.807, 2.05) is 30.3 Å². The molecule has 0 saturated heterocycles. The van der Waals surface area contributed by atoms with Crippen LogP contribution < -0.4 is 4.90 Å². The number of pyridine rings is 1. The lowest BCUT2D eigenvalue weighted by molar-refractivity contribution is 0.0991. The number of anilines is 1. The normalized spacial score (nSPS) is 14.0. The Hall–Kier alpha value is -2.77. The summed E-state index contributed by atoms with van der Waals surface area (Å²) in [6.45, 7) is 4.64. The molecule has 0 atom stereocenters. The molecule has 3 aromatic rings. The van der Waals surface area contributed by atoms with Crippen LogP contribution in [0.2, 0.25) is 0 Å². The Kier molecular flexibility index (Phi) is 5.11. The molecule has 0 spiro atoms. The smallest absolute Gasteiger partial charge is 0.259 e. The number of rotatable bonds is 4. The molecule has 30 heavy (non-hydrogen) atoms. The van der Waals surface area contributed by atoms with Crippen molar-refractivity contribution in [3.63, 3.8) is 0 Å². The minimum Gasteiger partial charge on any atom is -0.308 e. The van der Waals surface area contributed by atoms with E-state index >= 15 is 0 Å². The molecular weight excluding hydrogens is 398 g/mol. The zero-order valence-corrected chi connectivity index (χ0v) is 18.4. The molecule has 1 aliphatic heterocycles. The van der Waals surface area contributed by atoms with E-state index in [0.29, 0.717) is 18.5 Å². The third kappa shape index (κ3) is 3.38. The summed E-state index contributed by atoms with van der Waals surface area (Å²) in [6.07, 6.45) is 0.623. The first-order chi connectivity index (χ1) is 14.2. The zero-order chi connectivity index (χ0) is 21.6. The highest BCUT2D eigenvalue weighted by atomic mass is 32.2. The highest BCUT2D eigenvalue weighted by Gasteiger charge is 2.29. The Morgan fingerprint density at radius 1 is 1.10 bits per heavy atom. The minimum atomic E-state index is -3.51. The number of amides is 1. The maximum atomic E-state index is 13.6. The van der Waals surface area contributed by atoms with Gasteiger partial charge in [0, 0.05) is 37.4 Å². The quantitative estimate of drug-likeness (QED) is 0.640. The van der Waals surface area contributed by atoms with Crippen LogP contribution in [0.5, 0.6) is 0 Å². The number of carbonyl (C=O) groups is 1. The number of para-hydroxylation sites is 1. The van der Waals surface area contributed by atoms with E-state index in [1.165, 1.54) is 18.4 Å². The van der Waals surface area contributed by atoms with Crippen molar-refractivity contribution in [2.24, 2.45) is 0 Å². The molecule has 0 saturated carbocycles. The van der Waals surface area contributed by atoms with Crippen LogP contribution in [0.25, 0.3) is 10.9 Å². The number of benzene rings is 2. The molecule has 0 N–H and O–H groups in total. The van der Waals surface area contributed by atoms with E-state index in [9.17, 15) is 13.2 Å². The first-order valence-corrected chi connectivity index (χ1v) is 11.4. The molecular formula is C23H25N3O3S. The van der Waals surface area contributed by atoms with Crippen LogP contribution in [0.4, 0.5) is 5.69 Å². The van der Waals surface area contributed by atoms with Gasteiger partial charge in [-0.1, -0.05) is 32.0 Å². The van der Waals surface area contributed by atoms with Gasteiger partial charge in [-0.3, -0.25) is 9.78 Å². The Bertz CT molecular complexity index is 1250. The molecule has 1 amide bonds. The van der Waals surface area contributed by atoms with E-state index in [-0.39, 0.29) is 16.7 Å². The van der Waals surface area contributed by atoms with Crippen molar-refractivity contribution in [2.45, 2.75) is 31.1 Å². The average molecular weight is 424 g/mol. The predicted octanol–water partition coefficient (Wildman–Crippen LogP) is 3.81. The number of hydrogen-bond acceptors (Lipinski definition) is 4. The van der Waals surface area contributed by atoms with Crippen LogP contribution in [-0.2, 0) is 16.4 Å². The van der Waals surface area contributed by atoms with Crippen LogP contribution >= 0.6 is 0 Å². The lowest BCUT2D eigenvalue weighted by Gasteiger charge is -2.20. The second kappa shape index (κ2) is 7.49. The molecule has 7 heteroatoms.